The second-order valence-electron chi connectivity index (χ2n) is 9.71. The summed E-state index contributed by atoms with van der Waals surface area (Å²) in [6.45, 7) is 5.41. The van der Waals surface area contributed by atoms with E-state index in [0.29, 0.717) is 36.0 Å². The molecule has 0 aromatic heterocycles. The van der Waals surface area contributed by atoms with Crippen molar-refractivity contribution in [1.29, 1.82) is 0 Å². The number of hydrogen-bond acceptors (Lipinski definition) is 2. The van der Waals surface area contributed by atoms with Crippen molar-refractivity contribution >= 4 is 11.9 Å². The van der Waals surface area contributed by atoms with Crippen molar-refractivity contribution in [2.24, 2.45) is 33.4 Å². The van der Waals surface area contributed by atoms with E-state index in [2.05, 4.69) is 19.2 Å². The molecule has 1 spiro atoms. The molecule has 4 aliphatic rings. The minimum Gasteiger partial charge on any atom is -0.478 e. The van der Waals surface area contributed by atoms with Gasteiger partial charge in [-0.15, -0.1) is 0 Å². The number of carboxylic acids is 1. The Bertz CT molecular complexity index is 679. The van der Waals surface area contributed by atoms with Crippen LogP contribution in [0.25, 0.3) is 0 Å². The number of carboxylic acid groups (broad SMARTS) is 1. The van der Waals surface area contributed by atoms with Gasteiger partial charge in [0, 0.05) is 23.6 Å². The van der Waals surface area contributed by atoms with Crippen LogP contribution in [0.4, 0.5) is 0 Å². The molecular weight excluding hydrogens is 338 g/mol. The Morgan fingerprint density at radius 3 is 2.70 bits per heavy atom. The zero-order valence-electron chi connectivity index (χ0n) is 16.9. The van der Waals surface area contributed by atoms with Gasteiger partial charge in [-0.05, 0) is 62.2 Å². The van der Waals surface area contributed by atoms with Crippen LogP contribution in [0.1, 0.15) is 78.1 Å². The van der Waals surface area contributed by atoms with E-state index >= 15 is 0 Å². The molecule has 0 aliphatic heterocycles. The lowest BCUT2D eigenvalue weighted by Crippen LogP contribution is -2.49. The number of rotatable bonds is 4. The Morgan fingerprint density at radius 1 is 1.26 bits per heavy atom. The molecule has 4 unspecified atom stereocenters. The Kier molecular flexibility index (Phi) is 4.76. The van der Waals surface area contributed by atoms with Crippen LogP contribution in [-0.4, -0.2) is 29.6 Å². The highest BCUT2D eigenvalue weighted by molar-refractivity contribution is 5.89. The van der Waals surface area contributed by atoms with Gasteiger partial charge in [0.2, 0.25) is 0 Å². The molecule has 4 atom stereocenters. The molecule has 0 aromatic rings. The number of nitrogens with one attached hydrogen (secondary N) is 1. The molecule has 4 aliphatic carbocycles. The molecule has 5 heteroatoms. The molecule has 0 amide bonds. The zero-order valence-corrected chi connectivity index (χ0v) is 16.9. The van der Waals surface area contributed by atoms with Gasteiger partial charge in [0.15, 0.2) is 5.96 Å². The van der Waals surface area contributed by atoms with Crippen LogP contribution in [0, 0.1) is 22.7 Å². The van der Waals surface area contributed by atoms with Gasteiger partial charge >= 0.3 is 5.97 Å². The third-order valence-corrected chi connectivity index (χ3v) is 8.63. The van der Waals surface area contributed by atoms with E-state index in [1.54, 1.807) is 0 Å². The average molecular weight is 374 g/mol. The molecule has 27 heavy (non-hydrogen) atoms. The van der Waals surface area contributed by atoms with Crippen molar-refractivity contribution < 1.29 is 9.90 Å². The van der Waals surface area contributed by atoms with Crippen molar-refractivity contribution in [1.82, 2.24) is 5.32 Å². The van der Waals surface area contributed by atoms with Crippen molar-refractivity contribution in [3.8, 4) is 0 Å². The van der Waals surface area contributed by atoms with Crippen molar-refractivity contribution in [2.45, 2.75) is 84.1 Å². The first kappa shape index (κ1) is 18.8. The minimum absolute atomic E-state index is 0.0122. The molecule has 5 nitrogen and oxygen atoms in total. The van der Waals surface area contributed by atoms with Gasteiger partial charge in [0.25, 0.3) is 0 Å². The molecule has 3 saturated carbocycles. The molecular formula is C22H35N3O2. The maximum atomic E-state index is 11.8. The number of guanidine groups is 1. The van der Waals surface area contributed by atoms with Crippen molar-refractivity contribution in [3.63, 3.8) is 0 Å². The first-order chi connectivity index (χ1) is 12.9. The lowest BCUT2D eigenvalue weighted by molar-refractivity contribution is -0.132. The predicted molar refractivity (Wildman–Crippen MR) is 107 cm³/mol. The monoisotopic (exact) mass is 373 g/mol. The van der Waals surface area contributed by atoms with E-state index in [9.17, 15) is 9.90 Å². The minimum atomic E-state index is -0.703. The number of nitrogens with zero attached hydrogens (tertiary/aromatic N) is 1. The summed E-state index contributed by atoms with van der Waals surface area (Å²) in [5.41, 5.74) is 8.26. The van der Waals surface area contributed by atoms with E-state index in [4.69, 9.17) is 10.7 Å². The number of fused-ring (bicyclic) bond motifs is 1. The molecule has 0 aromatic carbocycles. The summed E-state index contributed by atoms with van der Waals surface area (Å²) in [4.78, 5) is 16.6. The fraction of sp³-hybridized carbons (Fsp3) is 0.818. The lowest BCUT2D eigenvalue weighted by Gasteiger charge is -2.52. The number of allylic oxidation sites excluding steroid dienone is 1. The third-order valence-electron chi connectivity index (χ3n) is 8.63. The Hall–Kier alpha value is -1.52. The van der Waals surface area contributed by atoms with Gasteiger partial charge in [0.1, 0.15) is 0 Å². The first-order valence-electron chi connectivity index (χ1n) is 10.9. The normalized spacial score (nSPS) is 39.6. The summed E-state index contributed by atoms with van der Waals surface area (Å²) < 4.78 is 0. The SMILES string of the molecule is CC1CCC2CC3=C(C(=O)O)CCC31C2(C)CN=C(N)NC1CCCCC1. The van der Waals surface area contributed by atoms with E-state index in [-0.39, 0.29) is 10.8 Å². The molecule has 0 saturated heterocycles. The smallest absolute Gasteiger partial charge is 0.331 e. The van der Waals surface area contributed by atoms with E-state index in [0.717, 1.165) is 19.3 Å². The highest BCUT2D eigenvalue weighted by Crippen LogP contribution is 2.72. The molecule has 0 heterocycles. The molecule has 2 bridgehead atoms. The average Bonchev–Trinajstić information content (AvgIpc) is 3.08. The second kappa shape index (κ2) is 6.82. The Labute approximate surface area is 162 Å². The van der Waals surface area contributed by atoms with Gasteiger partial charge in [-0.1, -0.05) is 38.7 Å². The maximum absolute atomic E-state index is 11.8. The van der Waals surface area contributed by atoms with Crippen LogP contribution in [0.15, 0.2) is 16.1 Å². The van der Waals surface area contributed by atoms with E-state index in [1.165, 1.54) is 50.5 Å². The molecule has 4 rings (SSSR count). The van der Waals surface area contributed by atoms with Crippen molar-refractivity contribution in [3.05, 3.63) is 11.1 Å². The summed E-state index contributed by atoms with van der Waals surface area (Å²) >= 11 is 0. The highest BCUT2D eigenvalue weighted by atomic mass is 16.4. The summed E-state index contributed by atoms with van der Waals surface area (Å²) in [5.74, 6) is 0.936. The lowest BCUT2D eigenvalue weighted by atomic mass is 9.52. The van der Waals surface area contributed by atoms with Crippen LogP contribution < -0.4 is 11.1 Å². The number of hydrogen-bond donors (Lipinski definition) is 3. The first-order valence-corrected chi connectivity index (χ1v) is 10.9. The van der Waals surface area contributed by atoms with Gasteiger partial charge in [-0.25, -0.2) is 4.79 Å². The van der Waals surface area contributed by atoms with Gasteiger partial charge in [-0.2, -0.15) is 0 Å². The Balaban J connectivity index is 1.58. The van der Waals surface area contributed by atoms with E-state index < -0.39 is 5.97 Å². The quantitative estimate of drug-likeness (QED) is 0.516. The van der Waals surface area contributed by atoms with Crippen LogP contribution in [-0.2, 0) is 4.79 Å². The summed E-state index contributed by atoms with van der Waals surface area (Å²) in [6.07, 6.45) is 11.3. The topological polar surface area (TPSA) is 87.7 Å². The summed E-state index contributed by atoms with van der Waals surface area (Å²) in [6, 6.07) is 0.469. The maximum Gasteiger partial charge on any atom is 0.331 e. The van der Waals surface area contributed by atoms with Gasteiger partial charge in [0.05, 0.1) is 0 Å². The molecule has 150 valence electrons. The van der Waals surface area contributed by atoms with Crippen molar-refractivity contribution in [2.75, 3.05) is 6.54 Å². The van der Waals surface area contributed by atoms with E-state index in [1.807, 2.05) is 0 Å². The number of carbonyl (C=O) groups is 1. The van der Waals surface area contributed by atoms with Gasteiger partial charge in [-0.3, -0.25) is 4.99 Å². The number of aliphatic carboxylic acids is 1. The Morgan fingerprint density at radius 2 is 2.00 bits per heavy atom. The van der Waals surface area contributed by atoms with Gasteiger partial charge < -0.3 is 16.2 Å². The fourth-order valence-electron chi connectivity index (χ4n) is 7.15. The largest absolute Gasteiger partial charge is 0.478 e. The van der Waals surface area contributed by atoms with Crippen LogP contribution >= 0.6 is 0 Å². The highest BCUT2D eigenvalue weighted by Gasteiger charge is 2.66. The zero-order chi connectivity index (χ0) is 19.2. The number of nitrogens with two attached hydrogens (primary N) is 1. The van der Waals surface area contributed by atoms with Crippen LogP contribution in [0.2, 0.25) is 0 Å². The fourth-order valence-corrected chi connectivity index (χ4v) is 7.15. The number of aliphatic imine (C=N–C) groups is 1. The molecule has 4 N–H and O–H groups in total. The van der Waals surface area contributed by atoms with Crippen LogP contribution in [0.3, 0.4) is 0 Å². The predicted octanol–water partition coefficient (Wildman–Crippen LogP) is 3.84. The summed E-state index contributed by atoms with van der Waals surface area (Å²) in [7, 11) is 0. The molecule has 3 fully saturated rings. The molecule has 0 radical (unpaired) electrons. The summed E-state index contributed by atoms with van der Waals surface area (Å²) in [5, 5.41) is 13.2. The third kappa shape index (κ3) is 2.80. The standard InChI is InChI=1S/C22H35N3O2/c1-14-8-9-15-12-18-17(19(26)27)10-11-22(14,18)21(15,2)13-24-20(23)25-16-6-4-3-5-7-16/h14-16H,3-13H2,1-2H3,(H,26,27)(H3,23,24,25). The van der Waals surface area contributed by atoms with Crippen LogP contribution in [0.5, 0.6) is 0 Å². The second-order valence-corrected chi connectivity index (χ2v) is 9.71.